The van der Waals surface area contributed by atoms with E-state index in [0.29, 0.717) is 23.6 Å². The summed E-state index contributed by atoms with van der Waals surface area (Å²) >= 11 is 5.98. The second-order valence-electron chi connectivity index (χ2n) is 3.73. The van der Waals surface area contributed by atoms with Crippen molar-refractivity contribution >= 4 is 11.6 Å². The van der Waals surface area contributed by atoms with Gasteiger partial charge in [0.15, 0.2) is 0 Å². The van der Waals surface area contributed by atoms with Gasteiger partial charge in [0.2, 0.25) is 0 Å². The maximum absolute atomic E-state index is 14.4. The third-order valence-electron chi connectivity index (χ3n) is 2.69. The fourth-order valence-corrected chi connectivity index (χ4v) is 2.23. The summed E-state index contributed by atoms with van der Waals surface area (Å²) in [6, 6.07) is 7.17. The van der Waals surface area contributed by atoms with Gasteiger partial charge in [-0.05, 0) is 25.5 Å². The Morgan fingerprint density at radius 3 is 2.79 bits per heavy atom. The van der Waals surface area contributed by atoms with Crippen LogP contribution in [0.1, 0.15) is 18.4 Å². The molecule has 0 saturated carbocycles. The molecule has 0 spiro atoms. The van der Waals surface area contributed by atoms with Gasteiger partial charge in [0, 0.05) is 17.1 Å². The average molecular weight is 214 g/mol. The zero-order chi connectivity index (χ0) is 10.0. The molecule has 14 heavy (non-hydrogen) atoms. The summed E-state index contributed by atoms with van der Waals surface area (Å²) in [6.07, 6.45) is 1.42. The van der Waals surface area contributed by atoms with Crippen LogP contribution >= 0.6 is 11.6 Å². The van der Waals surface area contributed by atoms with Gasteiger partial charge < -0.3 is 5.32 Å². The Hall–Kier alpha value is -0.600. The van der Waals surface area contributed by atoms with E-state index in [9.17, 15) is 4.39 Å². The Kier molecular flexibility index (Phi) is 2.75. The van der Waals surface area contributed by atoms with E-state index >= 15 is 0 Å². The number of hydrogen-bond acceptors (Lipinski definition) is 1. The molecular formula is C11H13ClFN. The molecular weight excluding hydrogens is 201 g/mol. The average Bonchev–Trinajstić information content (AvgIpc) is 2.19. The van der Waals surface area contributed by atoms with Crippen molar-refractivity contribution in [3.63, 3.8) is 0 Å². The van der Waals surface area contributed by atoms with E-state index in [1.807, 2.05) is 12.1 Å². The molecule has 1 aliphatic rings. The Morgan fingerprint density at radius 2 is 2.14 bits per heavy atom. The number of nitrogens with one attached hydrogen (secondary N) is 1. The van der Waals surface area contributed by atoms with Gasteiger partial charge in [-0.1, -0.05) is 29.8 Å². The highest BCUT2D eigenvalue weighted by Crippen LogP contribution is 2.36. The quantitative estimate of drug-likeness (QED) is 0.757. The summed E-state index contributed by atoms with van der Waals surface area (Å²) in [5, 5.41) is 3.59. The van der Waals surface area contributed by atoms with Crippen LogP contribution in [0.3, 0.4) is 0 Å². The molecule has 1 aliphatic heterocycles. The molecule has 0 aromatic heterocycles. The minimum Gasteiger partial charge on any atom is -0.313 e. The smallest absolute Gasteiger partial charge is 0.149 e. The summed E-state index contributed by atoms with van der Waals surface area (Å²) < 4.78 is 14.4. The monoisotopic (exact) mass is 213 g/mol. The summed E-state index contributed by atoms with van der Waals surface area (Å²) in [7, 11) is 0. The van der Waals surface area contributed by atoms with E-state index in [1.165, 1.54) is 0 Å². The molecule has 0 aliphatic carbocycles. The predicted octanol–water partition coefficient (Wildman–Crippen LogP) is 2.89. The van der Waals surface area contributed by atoms with Crippen LogP contribution in [-0.2, 0) is 5.67 Å². The minimum absolute atomic E-state index is 0.372. The van der Waals surface area contributed by atoms with Crippen molar-refractivity contribution in [2.45, 2.75) is 18.5 Å². The van der Waals surface area contributed by atoms with Gasteiger partial charge >= 0.3 is 0 Å². The minimum atomic E-state index is -1.28. The molecule has 1 unspecified atom stereocenters. The third kappa shape index (κ3) is 1.77. The second-order valence-corrected chi connectivity index (χ2v) is 4.13. The van der Waals surface area contributed by atoms with Crippen molar-refractivity contribution < 1.29 is 4.39 Å². The maximum Gasteiger partial charge on any atom is 0.149 e. The van der Waals surface area contributed by atoms with E-state index < -0.39 is 5.67 Å². The second kappa shape index (κ2) is 3.87. The van der Waals surface area contributed by atoms with Gasteiger partial charge in [-0.15, -0.1) is 0 Å². The largest absolute Gasteiger partial charge is 0.313 e. The summed E-state index contributed by atoms with van der Waals surface area (Å²) in [4.78, 5) is 0. The molecule has 76 valence electrons. The van der Waals surface area contributed by atoms with Crippen molar-refractivity contribution in [3.8, 4) is 0 Å². The van der Waals surface area contributed by atoms with Crippen LogP contribution in [0, 0.1) is 0 Å². The molecule has 1 atom stereocenters. The standard InChI is InChI=1S/C11H13ClFN/c12-10-5-2-1-4-9(10)11(13)6-3-7-14-8-11/h1-2,4-5,14H,3,6-8H2. The lowest BCUT2D eigenvalue weighted by molar-refractivity contribution is 0.122. The van der Waals surface area contributed by atoms with Gasteiger partial charge in [0.05, 0.1) is 0 Å². The first-order chi connectivity index (χ1) is 6.72. The van der Waals surface area contributed by atoms with Crippen LogP contribution in [-0.4, -0.2) is 13.1 Å². The van der Waals surface area contributed by atoms with Gasteiger partial charge in [-0.2, -0.15) is 0 Å². The molecule has 0 radical (unpaired) electrons. The topological polar surface area (TPSA) is 12.0 Å². The number of piperidine rings is 1. The third-order valence-corrected chi connectivity index (χ3v) is 3.02. The van der Waals surface area contributed by atoms with Gasteiger partial charge in [-0.25, -0.2) is 4.39 Å². The van der Waals surface area contributed by atoms with Crippen LogP contribution < -0.4 is 5.32 Å². The van der Waals surface area contributed by atoms with E-state index in [4.69, 9.17) is 11.6 Å². The first-order valence-corrected chi connectivity index (χ1v) is 5.25. The number of alkyl halides is 1. The fourth-order valence-electron chi connectivity index (χ4n) is 1.92. The number of rotatable bonds is 1. The van der Waals surface area contributed by atoms with Crippen molar-refractivity contribution in [2.24, 2.45) is 0 Å². The molecule has 0 amide bonds. The van der Waals surface area contributed by atoms with Crippen LogP contribution in [0.2, 0.25) is 5.02 Å². The summed E-state index contributed by atoms with van der Waals surface area (Å²) in [5.41, 5.74) is -0.662. The van der Waals surface area contributed by atoms with Crippen molar-refractivity contribution in [2.75, 3.05) is 13.1 Å². The molecule has 1 N–H and O–H groups in total. The predicted molar refractivity (Wildman–Crippen MR) is 56.3 cm³/mol. The molecule has 1 heterocycles. The van der Waals surface area contributed by atoms with E-state index in [2.05, 4.69) is 5.32 Å². The lowest BCUT2D eigenvalue weighted by atomic mass is 9.88. The highest BCUT2D eigenvalue weighted by atomic mass is 35.5. The van der Waals surface area contributed by atoms with Crippen molar-refractivity contribution in [1.82, 2.24) is 5.32 Å². The fraction of sp³-hybridized carbons (Fsp3) is 0.455. The molecule has 0 bridgehead atoms. The first-order valence-electron chi connectivity index (χ1n) is 4.87. The number of benzene rings is 1. The number of hydrogen-bond donors (Lipinski definition) is 1. The van der Waals surface area contributed by atoms with Crippen LogP contribution in [0.25, 0.3) is 0 Å². The van der Waals surface area contributed by atoms with E-state index in [-0.39, 0.29) is 0 Å². The zero-order valence-corrected chi connectivity index (χ0v) is 8.65. The lowest BCUT2D eigenvalue weighted by Crippen LogP contribution is -2.40. The molecule has 2 rings (SSSR count). The number of halogens is 2. The highest BCUT2D eigenvalue weighted by Gasteiger charge is 2.35. The summed E-state index contributed by atoms with van der Waals surface area (Å²) in [6.45, 7) is 1.27. The zero-order valence-electron chi connectivity index (χ0n) is 7.89. The van der Waals surface area contributed by atoms with Crippen LogP contribution in [0.4, 0.5) is 4.39 Å². The highest BCUT2D eigenvalue weighted by molar-refractivity contribution is 6.31. The molecule has 1 aromatic carbocycles. The van der Waals surface area contributed by atoms with Crippen molar-refractivity contribution in [3.05, 3.63) is 34.9 Å². The molecule has 1 nitrogen and oxygen atoms in total. The van der Waals surface area contributed by atoms with Crippen LogP contribution in [0.5, 0.6) is 0 Å². The lowest BCUT2D eigenvalue weighted by Gasteiger charge is -2.31. The Bertz CT molecular complexity index is 321. The Morgan fingerprint density at radius 1 is 1.36 bits per heavy atom. The van der Waals surface area contributed by atoms with Crippen molar-refractivity contribution in [1.29, 1.82) is 0 Å². The first kappa shape index (κ1) is 9.94. The molecule has 3 heteroatoms. The van der Waals surface area contributed by atoms with E-state index in [1.54, 1.807) is 12.1 Å². The Labute approximate surface area is 88.3 Å². The van der Waals surface area contributed by atoms with Crippen LogP contribution in [0.15, 0.2) is 24.3 Å². The molecule has 1 aromatic rings. The summed E-state index contributed by atoms with van der Waals surface area (Å²) in [5.74, 6) is 0. The SMILES string of the molecule is FC1(c2ccccc2Cl)CCCNC1. The maximum atomic E-state index is 14.4. The van der Waals surface area contributed by atoms with Gasteiger partial charge in [-0.3, -0.25) is 0 Å². The molecule has 1 fully saturated rings. The molecule has 1 saturated heterocycles. The van der Waals surface area contributed by atoms with E-state index in [0.717, 1.165) is 13.0 Å². The van der Waals surface area contributed by atoms with Gasteiger partial charge in [0.25, 0.3) is 0 Å². The van der Waals surface area contributed by atoms with Gasteiger partial charge in [0.1, 0.15) is 5.67 Å². The normalized spacial score (nSPS) is 27.6. The Balaban J connectivity index is 2.32.